The Balaban J connectivity index is 0.00000147. The summed E-state index contributed by atoms with van der Waals surface area (Å²) in [5, 5.41) is 2.99. The SMILES string of the molecule is Cl.NC1C2CCCC1CC(C(=O)NCc1ccco1)C2. The first-order valence-electron chi connectivity index (χ1n) is 7.29. The van der Waals surface area contributed by atoms with Crippen molar-refractivity contribution < 1.29 is 9.21 Å². The van der Waals surface area contributed by atoms with E-state index >= 15 is 0 Å². The zero-order valence-corrected chi connectivity index (χ0v) is 12.4. The number of hydrogen-bond acceptors (Lipinski definition) is 3. The monoisotopic (exact) mass is 298 g/mol. The van der Waals surface area contributed by atoms with Gasteiger partial charge in [-0.1, -0.05) is 6.42 Å². The third-order valence-electron chi connectivity index (χ3n) is 4.80. The molecule has 4 nitrogen and oxygen atoms in total. The quantitative estimate of drug-likeness (QED) is 0.901. The van der Waals surface area contributed by atoms with Crippen LogP contribution in [0, 0.1) is 17.8 Å². The lowest BCUT2D eigenvalue weighted by Gasteiger charge is -2.43. The van der Waals surface area contributed by atoms with E-state index in [1.165, 1.54) is 19.3 Å². The molecule has 2 aliphatic carbocycles. The molecule has 0 radical (unpaired) electrons. The Labute approximate surface area is 125 Å². The summed E-state index contributed by atoms with van der Waals surface area (Å²) in [6, 6.07) is 4.04. The van der Waals surface area contributed by atoms with Crippen molar-refractivity contribution in [2.45, 2.75) is 44.7 Å². The van der Waals surface area contributed by atoms with Gasteiger partial charge in [0.1, 0.15) is 5.76 Å². The maximum Gasteiger partial charge on any atom is 0.223 e. The molecule has 3 N–H and O–H groups in total. The molecule has 0 aliphatic heterocycles. The summed E-state index contributed by atoms with van der Waals surface area (Å²) in [7, 11) is 0. The van der Waals surface area contributed by atoms with E-state index in [2.05, 4.69) is 5.32 Å². The van der Waals surface area contributed by atoms with E-state index in [0.29, 0.717) is 24.4 Å². The van der Waals surface area contributed by atoms with E-state index in [1.54, 1.807) is 6.26 Å². The molecule has 3 rings (SSSR count). The van der Waals surface area contributed by atoms with Gasteiger partial charge < -0.3 is 15.5 Å². The fourth-order valence-electron chi connectivity index (χ4n) is 3.73. The average molecular weight is 299 g/mol. The number of amides is 1. The molecular weight excluding hydrogens is 276 g/mol. The van der Waals surface area contributed by atoms with Gasteiger partial charge in [-0.05, 0) is 49.7 Å². The lowest BCUT2D eigenvalue weighted by Crippen LogP contribution is -2.49. The molecule has 2 aliphatic rings. The number of carbonyl (C=O) groups is 1. The number of halogens is 1. The Kier molecular flexibility index (Phi) is 5.11. The van der Waals surface area contributed by atoms with Crippen LogP contribution < -0.4 is 11.1 Å². The first-order valence-corrected chi connectivity index (χ1v) is 7.29. The molecule has 0 spiro atoms. The van der Waals surface area contributed by atoms with Gasteiger partial charge in [0.05, 0.1) is 12.8 Å². The summed E-state index contributed by atoms with van der Waals surface area (Å²) < 4.78 is 5.23. The van der Waals surface area contributed by atoms with E-state index in [4.69, 9.17) is 10.2 Å². The van der Waals surface area contributed by atoms with Gasteiger partial charge in [0.15, 0.2) is 0 Å². The van der Waals surface area contributed by atoms with Gasteiger partial charge in [0.25, 0.3) is 0 Å². The number of carbonyl (C=O) groups excluding carboxylic acids is 1. The molecule has 0 aromatic carbocycles. The first-order chi connectivity index (χ1) is 9.24. The molecule has 1 amide bonds. The third-order valence-corrected chi connectivity index (χ3v) is 4.80. The molecule has 2 unspecified atom stereocenters. The number of fused-ring (bicyclic) bond motifs is 2. The maximum atomic E-state index is 12.2. The lowest BCUT2D eigenvalue weighted by molar-refractivity contribution is -0.128. The molecule has 2 fully saturated rings. The second-order valence-corrected chi connectivity index (χ2v) is 5.99. The fourth-order valence-corrected chi connectivity index (χ4v) is 3.73. The van der Waals surface area contributed by atoms with E-state index in [0.717, 1.165) is 18.6 Å². The number of nitrogens with one attached hydrogen (secondary N) is 1. The molecule has 1 aromatic rings. The minimum Gasteiger partial charge on any atom is -0.467 e. The van der Waals surface area contributed by atoms with Crippen LogP contribution in [0.15, 0.2) is 22.8 Å². The van der Waals surface area contributed by atoms with Crippen LogP contribution >= 0.6 is 12.4 Å². The first kappa shape index (κ1) is 15.4. The average Bonchev–Trinajstić information content (AvgIpc) is 2.88. The Morgan fingerprint density at radius 1 is 1.35 bits per heavy atom. The smallest absolute Gasteiger partial charge is 0.223 e. The largest absolute Gasteiger partial charge is 0.467 e. The molecule has 0 saturated heterocycles. The van der Waals surface area contributed by atoms with Gasteiger partial charge in [-0.2, -0.15) is 0 Å². The van der Waals surface area contributed by atoms with Gasteiger partial charge in [-0.3, -0.25) is 4.79 Å². The molecule has 2 saturated carbocycles. The summed E-state index contributed by atoms with van der Waals surface area (Å²) in [5.74, 6) is 2.21. The van der Waals surface area contributed by atoms with Gasteiger partial charge in [-0.25, -0.2) is 0 Å². The standard InChI is InChI=1S/C15H22N2O2.ClH/c16-14-10-3-1-4-11(14)8-12(7-10)15(18)17-9-13-5-2-6-19-13;/h2,5-6,10-12,14H,1,3-4,7-9,16H2,(H,17,18);1H. The minimum absolute atomic E-state index is 0. The number of hydrogen-bond donors (Lipinski definition) is 2. The highest BCUT2D eigenvalue weighted by atomic mass is 35.5. The van der Waals surface area contributed by atoms with Crippen molar-refractivity contribution in [2.24, 2.45) is 23.5 Å². The Bertz CT molecular complexity index is 421. The highest BCUT2D eigenvalue weighted by molar-refractivity contribution is 5.85. The van der Waals surface area contributed by atoms with Crippen molar-refractivity contribution in [1.29, 1.82) is 0 Å². The predicted molar refractivity (Wildman–Crippen MR) is 79.3 cm³/mol. The van der Waals surface area contributed by atoms with Crippen LogP contribution in [0.2, 0.25) is 0 Å². The summed E-state index contributed by atoms with van der Waals surface area (Å²) in [6.07, 6.45) is 7.22. The molecular formula is C15H23ClN2O2. The number of rotatable bonds is 3. The molecule has 20 heavy (non-hydrogen) atoms. The van der Waals surface area contributed by atoms with E-state index in [9.17, 15) is 4.79 Å². The van der Waals surface area contributed by atoms with E-state index in [1.807, 2.05) is 12.1 Å². The van der Waals surface area contributed by atoms with Crippen LogP contribution in [0.5, 0.6) is 0 Å². The van der Waals surface area contributed by atoms with Crippen LogP contribution in [0.25, 0.3) is 0 Å². The van der Waals surface area contributed by atoms with Crippen molar-refractivity contribution in [3.05, 3.63) is 24.2 Å². The Hall–Kier alpha value is -1.00. The minimum atomic E-state index is 0. The maximum absolute atomic E-state index is 12.2. The van der Waals surface area contributed by atoms with Crippen molar-refractivity contribution in [2.75, 3.05) is 0 Å². The van der Waals surface area contributed by atoms with Gasteiger partial charge in [0.2, 0.25) is 5.91 Å². The molecule has 2 atom stereocenters. The van der Waals surface area contributed by atoms with Crippen LogP contribution in [-0.4, -0.2) is 11.9 Å². The van der Waals surface area contributed by atoms with Crippen LogP contribution in [0.3, 0.4) is 0 Å². The van der Waals surface area contributed by atoms with Crippen molar-refractivity contribution >= 4 is 18.3 Å². The van der Waals surface area contributed by atoms with Crippen LogP contribution in [0.4, 0.5) is 0 Å². The van der Waals surface area contributed by atoms with Crippen LogP contribution in [-0.2, 0) is 11.3 Å². The highest BCUT2D eigenvalue weighted by Crippen LogP contribution is 2.41. The topological polar surface area (TPSA) is 68.3 Å². The number of nitrogens with two attached hydrogens (primary N) is 1. The van der Waals surface area contributed by atoms with E-state index < -0.39 is 0 Å². The zero-order chi connectivity index (χ0) is 13.2. The second kappa shape index (κ2) is 6.64. The molecule has 5 heteroatoms. The van der Waals surface area contributed by atoms with Gasteiger partial charge in [0, 0.05) is 12.0 Å². The fraction of sp³-hybridized carbons (Fsp3) is 0.667. The van der Waals surface area contributed by atoms with Crippen LogP contribution in [0.1, 0.15) is 37.9 Å². The van der Waals surface area contributed by atoms with Crippen molar-refractivity contribution in [3.63, 3.8) is 0 Å². The summed E-state index contributed by atoms with van der Waals surface area (Å²) in [4.78, 5) is 12.2. The molecule has 1 aromatic heterocycles. The lowest BCUT2D eigenvalue weighted by atomic mass is 9.65. The zero-order valence-electron chi connectivity index (χ0n) is 11.6. The van der Waals surface area contributed by atoms with Gasteiger partial charge in [-0.15, -0.1) is 12.4 Å². The molecule has 2 bridgehead atoms. The summed E-state index contributed by atoms with van der Waals surface area (Å²) >= 11 is 0. The van der Waals surface area contributed by atoms with E-state index in [-0.39, 0.29) is 24.2 Å². The summed E-state index contributed by atoms with van der Waals surface area (Å²) in [5.41, 5.74) is 6.25. The number of furan rings is 1. The summed E-state index contributed by atoms with van der Waals surface area (Å²) in [6.45, 7) is 0.490. The normalized spacial score (nSPS) is 32.2. The van der Waals surface area contributed by atoms with Crippen molar-refractivity contribution in [1.82, 2.24) is 5.32 Å². The second-order valence-electron chi connectivity index (χ2n) is 5.99. The molecule has 112 valence electrons. The Morgan fingerprint density at radius 2 is 2.05 bits per heavy atom. The molecule has 1 heterocycles. The predicted octanol–water partition coefficient (Wildman–Crippen LogP) is 2.47. The third kappa shape index (κ3) is 3.18. The van der Waals surface area contributed by atoms with Gasteiger partial charge >= 0.3 is 0 Å². The van der Waals surface area contributed by atoms with Crippen molar-refractivity contribution in [3.8, 4) is 0 Å². The highest BCUT2D eigenvalue weighted by Gasteiger charge is 2.40. The Morgan fingerprint density at radius 3 is 2.65 bits per heavy atom.